The fourth-order valence-corrected chi connectivity index (χ4v) is 8.61. The highest BCUT2D eigenvalue weighted by atomic mass is 16.3. The van der Waals surface area contributed by atoms with Crippen LogP contribution in [-0.2, 0) is 5.41 Å². The second-order valence-corrected chi connectivity index (χ2v) is 13.2. The molecular weight excluding hydrogens is 526 g/mol. The summed E-state index contributed by atoms with van der Waals surface area (Å²) >= 11 is 0. The minimum Gasteiger partial charge on any atom is -0.440 e. The maximum Gasteiger partial charge on any atom is 0.201 e. The third-order valence-electron chi connectivity index (χ3n) is 10.2. The molecule has 6 aromatic rings. The average molecular weight is 560 g/mol. The molecule has 2 aromatic heterocycles. The summed E-state index contributed by atoms with van der Waals surface area (Å²) in [6.45, 7) is 0. The molecule has 0 amide bonds. The highest BCUT2D eigenvalue weighted by molar-refractivity contribution is 5.81. The Morgan fingerprint density at radius 2 is 1.05 bits per heavy atom. The molecule has 4 aliphatic carbocycles. The van der Waals surface area contributed by atoms with Crippen LogP contribution < -0.4 is 0 Å². The van der Waals surface area contributed by atoms with E-state index in [9.17, 15) is 0 Å². The van der Waals surface area contributed by atoms with Crippen molar-refractivity contribution >= 4 is 11.1 Å². The molecule has 4 bridgehead atoms. The quantitative estimate of drug-likeness (QED) is 0.211. The van der Waals surface area contributed by atoms with Crippen LogP contribution in [0.25, 0.3) is 56.1 Å². The van der Waals surface area contributed by atoms with Gasteiger partial charge in [-0.2, -0.15) is 0 Å². The first kappa shape index (κ1) is 25.0. The zero-order valence-electron chi connectivity index (χ0n) is 24.1. The molecule has 10 rings (SSSR count). The van der Waals surface area contributed by atoms with E-state index in [1.54, 1.807) is 0 Å². The van der Waals surface area contributed by atoms with E-state index in [1.807, 2.05) is 36.4 Å². The number of fused-ring (bicyclic) bond motifs is 1. The maximum absolute atomic E-state index is 6.59. The molecular formula is C39H33N3O. The predicted molar refractivity (Wildman–Crippen MR) is 171 cm³/mol. The lowest BCUT2D eigenvalue weighted by molar-refractivity contribution is -0.0170. The van der Waals surface area contributed by atoms with Crippen LogP contribution in [0, 0.1) is 17.8 Å². The summed E-state index contributed by atoms with van der Waals surface area (Å²) in [7, 11) is 0. The summed E-state index contributed by atoms with van der Waals surface area (Å²) in [6, 6.07) is 37.8. The van der Waals surface area contributed by atoms with Crippen LogP contribution in [0.3, 0.4) is 0 Å². The van der Waals surface area contributed by atoms with Crippen molar-refractivity contribution in [1.82, 2.24) is 15.0 Å². The first-order valence-electron chi connectivity index (χ1n) is 15.7. The van der Waals surface area contributed by atoms with E-state index in [0.717, 1.165) is 79.8 Å². The van der Waals surface area contributed by atoms with Gasteiger partial charge in [0.1, 0.15) is 5.52 Å². The summed E-state index contributed by atoms with van der Waals surface area (Å²) in [4.78, 5) is 15.0. The molecule has 0 radical (unpaired) electrons. The van der Waals surface area contributed by atoms with Crippen molar-refractivity contribution in [2.75, 3.05) is 0 Å². The fourth-order valence-electron chi connectivity index (χ4n) is 8.61. The molecule has 4 saturated carbocycles. The highest BCUT2D eigenvalue weighted by Crippen LogP contribution is 2.60. The number of oxazole rings is 1. The summed E-state index contributed by atoms with van der Waals surface area (Å²) in [5, 5.41) is 0. The van der Waals surface area contributed by atoms with Gasteiger partial charge in [0.25, 0.3) is 0 Å². The van der Waals surface area contributed by atoms with Crippen molar-refractivity contribution in [3.63, 3.8) is 0 Å². The van der Waals surface area contributed by atoms with E-state index >= 15 is 0 Å². The summed E-state index contributed by atoms with van der Waals surface area (Å²) in [5.41, 5.74) is 9.32. The molecule has 210 valence electrons. The van der Waals surface area contributed by atoms with Crippen molar-refractivity contribution in [2.24, 2.45) is 17.8 Å². The minimum atomic E-state index is 0.171. The fraction of sp³-hybridized carbons (Fsp3) is 0.256. The van der Waals surface area contributed by atoms with Gasteiger partial charge in [-0.05, 0) is 85.6 Å². The lowest BCUT2D eigenvalue weighted by atomic mass is 9.49. The van der Waals surface area contributed by atoms with Gasteiger partial charge in [-0.1, -0.05) is 91.0 Å². The van der Waals surface area contributed by atoms with E-state index in [1.165, 1.54) is 38.5 Å². The van der Waals surface area contributed by atoms with Crippen LogP contribution in [0.4, 0.5) is 0 Å². The summed E-state index contributed by atoms with van der Waals surface area (Å²) in [5.74, 6) is 4.35. The molecule has 0 unspecified atom stereocenters. The molecule has 2 heterocycles. The Balaban J connectivity index is 1.05. The smallest absolute Gasteiger partial charge is 0.201 e. The van der Waals surface area contributed by atoms with Crippen LogP contribution in [0.5, 0.6) is 0 Å². The van der Waals surface area contributed by atoms with Gasteiger partial charge in [0.05, 0.1) is 11.4 Å². The monoisotopic (exact) mass is 559 g/mol. The van der Waals surface area contributed by atoms with E-state index in [4.69, 9.17) is 19.4 Å². The van der Waals surface area contributed by atoms with Crippen LogP contribution in [-0.4, -0.2) is 15.0 Å². The Hall–Kier alpha value is -4.57. The predicted octanol–water partition coefficient (Wildman–Crippen LogP) is 9.75. The van der Waals surface area contributed by atoms with Gasteiger partial charge < -0.3 is 4.42 Å². The molecule has 0 N–H and O–H groups in total. The lowest BCUT2D eigenvalue weighted by Gasteiger charge is -2.55. The second kappa shape index (κ2) is 9.74. The first-order valence-corrected chi connectivity index (χ1v) is 15.7. The van der Waals surface area contributed by atoms with E-state index < -0.39 is 0 Å². The Labute approximate surface area is 251 Å². The lowest BCUT2D eigenvalue weighted by Crippen LogP contribution is -2.48. The number of hydrogen-bond acceptors (Lipinski definition) is 4. The molecule has 0 saturated heterocycles. The largest absolute Gasteiger partial charge is 0.440 e. The second-order valence-electron chi connectivity index (χ2n) is 13.2. The third kappa shape index (κ3) is 4.39. The molecule has 4 fully saturated rings. The minimum absolute atomic E-state index is 0.171. The zero-order chi connectivity index (χ0) is 28.4. The number of nitrogens with zero attached hydrogens (tertiary/aromatic N) is 3. The maximum atomic E-state index is 6.59. The van der Waals surface area contributed by atoms with Gasteiger partial charge in [0.2, 0.25) is 5.89 Å². The first-order chi connectivity index (χ1) is 21.2. The third-order valence-corrected chi connectivity index (χ3v) is 10.2. The van der Waals surface area contributed by atoms with Gasteiger partial charge in [0, 0.05) is 22.1 Å². The van der Waals surface area contributed by atoms with Gasteiger partial charge in [0.15, 0.2) is 11.4 Å². The van der Waals surface area contributed by atoms with Gasteiger partial charge in [-0.25, -0.2) is 15.0 Å². The molecule has 4 aliphatic rings. The standard InChI is InChI=1S/C39H33N3O/c1-3-7-29(8-4-1)34-21-35(41-37(40-34)31-9-5-2-6-10-31)30-13-11-28(12-14-30)32-15-16-33-36(20-32)43-38(42-33)39-22-25-17-26(23-39)19-27(18-25)24-39/h1-16,20-21,25-27H,17-19,22-24H2. The molecule has 4 nitrogen and oxygen atoms in total. The van der Waals surface area contributed by atoms with E-state index in [2.05, 4.69) is 72.8 Å². The van der Waals surface area contributed by atoms with Crippen LogP contribution in [0.1, 0.15) is 44.4 Å². The number of aromatic nitrogens is 3. The normalized spacial score (nSPS) is 24.0. The van der Waals surface area contributed by atoms with E-state index in [0.29, 0.717) is 0 Å². The summed E-state index contributed by atoms with van der Waals surface area (Å²) < 4.78 is 6.59. The number of rotatable bonds is 5. The number of hydrogen-bond donors (Lipinski definition) is 0. The molecule has 4 aromatic carbocycles. The van der Waals surface area contributed by atoms with Gasteiger partial charge >= 0.3 is 0 Å². The van der Waals surface area contributed by atoms with Crippen LogP contribution in [0.15, 0.2) is 114 Å². The Kier molecular flexibility index (Phi) is 5.65. The van der Waals surface area contributed by atoms with Crippen molar-refractivity contribution in [3.05, 3.63) is 115 Å². The van der Waals surface area contributed by atoms with Crippen molar-refractivity contribution in [1.29, 1.82) is 0 Å². The van der Waals surface area contributed by atoms with Gasteiger partial charge in [-0.15, -0.1) is 0 Å². The molecule has 0 atom stereocenters. The number of benzene rings is 4. The SMILES string of the molecule is c1ccc(-c2cc(-c3ccc(-c4ccc5nc(C67CC8CC(CC(C8)C6)C7)oc5c4)cc3)nc(-c3ccccc3)n2)cc1. The Bertz CT molecular complexity index is 1850. The zero-order valence-corrected chi connectivity index (χ0v) is 24.1. The van der Waals surface area contributed by atoms with Crippen molar-refractivity contribution in [3.8, 4) is 45.0 Å². The van der Waals surface area contributed by atoms with E-state index in [-0.39, 0.29) is 5.41 Å². The average Bonchev–Trinajstić information content (AvgIpc) is 3.50. The highest BCUT2D eigenvalue weighted by Gasteiger charge is 2.54. The van der Waals surface area contributed by atoms with Gasteiger partial charge in [-0.3, -0.25) is 0 Å². The molecule has 43 heavy (non-hydrogen) atoms. The Morgan fingerprint density at radius 1 is 0.512 bits per heavy atom. The summed E-state index contributed by atoms with van der Waals surface area (Å²) in [6.07, 6.45) is 8.07. The van der Waals surface area contributed by atoms with Crippen molar-refractivity contribution in [2.45, 2.75) is 43.9 Å². The molecule has 0 aliphatic heterocycles. The van der Waals surface area contributed by atoms with Crippen molar-refractivity contribution < 1.29 is 4.42 Å². The molecule has 0 spiro atoms. The topological polar surface area (TPSA) is 51.8 Å². The molecule has 4 heteroatoms. The van der Waals surface area contributed by atoms with Crippen LogP contribution >= 0.6 is 0 Å². The Morgan fingerprint density at radius 3 is 1.67 bits per heavy atom. The van der Waals surface area contributed by atoms with Crippen LogP contribution in [0.2, 0.25) is 0 Å².